The summed E-state index contributed by atoms with van der Waals surface area (Å²) in [6.07, 6.45) is 1.83. The summed E-state index contributed by atoms with van der Waals surface area (Å²) in [5.74, 6) is 0.634. The molecule has 0 saturated carbocycles. The Bertz CT molecular complexity index is 845. The van der Waals surface area contributed by atoms with Gasteiger partial charge in [-0.15, -0.1) is 0 Å². The molecule has 0 spiro atoms. The number of carbonyl (C=O) groups is 1. The first kappa shape index (κ1) is 16.6. The molecule has 0 bridgehead atoms. The third-order valence-electron chi connectivity index (χ3n) is 3.44. The Kier molecular flexibility index (Phi) is 4.92. The highest BCUT2D eigenvalue weighted by atomic mass is 35.5. The van der Waals surface area contributed by atoms with Gasteiger partial charge < -0.3 is 10.1 Å². The number of ether oxygens (including phenoxy) is 1. The number of carbonyl (C=O) groups excluding carboxylic acids is 1. The van der Waals surface area contributed by atoms with Crippen LogP contribution in [0.15, 0.2) is 52.4 Å². The van der Waals surface area contributed by atoms with E-state index in [1.165, 1.54) is 11.8 Å². The van der Waals surface area contributed by atoms with Gasteiger partial charge in [0.2, 0.25) is 0 Å². The van der Waals surface area contributed by atoms with E-state index >= 15 is 0 Å². The maximum absolute atomic E-state index is 12.1. The van der Waals surface area contributed by atoms with Crippen molar-refractivity contribution in [3.8, 4) is 5.75 Å². The lowest BCUT2D eigenvalue weighted by Gasteiger charge is -2.05. The first-order chi connectivity index (χ1) is 11.5. The molecule has 0 unspecified atom stereocenters. The van der Waals surface area contributed by atoms with Crippen molar-refractivity contribution in [1.29, 1.82) is 0 Å². The van der Waals surface area contributed by atoms with Crippen LogP contribution in [0.5, 0.6) is 5.75 Å². The minimum absolute atomic E-state index is 0.160. The van der Waals surface area contributed by atoms with E-state index in [0.29, 0.717) is 15.1 Å². The fraction of sp³-hybridized carbons (Fsp3) is 0.111. The van der Waals surface area contributed by atoms with E-state index in [4.69, 9.17) is 16.3 Å². The van der Waals surface area contributed by atoms with Crippen LogP contribution in [0.25, 0.3) is 6.08 Å². The molecule has 2 aromatic carbocycles. The Hall–Kier alpha value is -2.24. The van der Waals surface area contributed by atoms with E-state index < -0.39 is 0 Å². The van der Waals surface area contributed by atoms with Crippen molar-refractivity contribution in [3.63, 3.8) is 0 Å². The van der Waals surface area contributed by atoms with Gasteiger partial charge in [-0.25, -0.2) is 4.99 Å². The Morgan fingerprint density at radius 2 is 1.96 bits per heavy atom. The number of nitrogens with one attached hydrogen (secondary N) is 1. The summed E-state index contributed by atoms with van der Waals surface area (Å²) in [5, 5.41) is 3.97. The summed E-state index contributed by atoms with van der Waals surface area (Å²) in [6.45, 7) is 1.98. The van der Waals surface area contributed by atoms with Crippen molar-refractivity contribution < 1.29 is 9.53 Å². The van der Waals surface area contributed by atoms with Crippen LogP contribution < -0.4 is 10.1 Å². The second kappa shape index (κ2) is 7.11. The van der Waals surface area contributed by atoms with Gasteiger partial charge in [-0.2, -0.15) is 0 Å². The van der Waals surface area contributed by atoms with Gasteiger partial charge in [0.1, 0.15) is 5.75 Å². The molecule has 1 aliphatic heterocycles. The number of amides is 1. The normalized spacial score (nSPS) is 17.4. The van der Waals surface area contributed by atoms with Gasteiger partial charge in [-0.3, -0.25) is 4.79 Å². The Labute approximate surface area is 149 Å². The average molecular weight is 359 g/mol. The number of aliphatic imine (C=N–C) groups is 1. The molecule has 1 fully saturated rings. The Morgan fingerprint density at radius 1 is 1.21 bits per heavy atom. The first-order valence-corrected chi connectivity index (χ1v) is 8.44. The summed E-state index contributed by atoms with van der Waals surface area (Å²) >= 11 is 7.16. The highest BCUT2D eigenvalue weighted by Crippen LogP contribution is 2.29. The van der Waals surface area contributed by atoms with Crippen LogP contribution in [0, 0.1) is 6.92 Å². The van der Waals surface area contributed by atoms with Crippen LogP contribution in [-0.2, 0) is 4.79 Å². The molecule has 1 saturated heterocycles. The van der Waals surface area contributed by atoms with Gasteiger partial charge in [0.05, 0.1) is 17.7 Å². The number of rotatable bonds is 3. The van der Waals surface area contributed by atoms with Gasteiger partial charge in [0.15, 0.2) is 5.17 Å². The van der Waals surface area contributed by atoms with Crippen LogP contribution in [0.4, 0.5) is 5.69 Å². The van der Waals surface area contributed by atoms with Gasteiger partial charge in [0.25, 0.3) is 5.91 Å². The van der Waals surface area contributed by atoms with Crippen LogP contribution in [0.2, 0.25) is 5.02 Å². The number of hydrogen-bond acceptors (Lipinski definition) is 4. The quantitative estimate of drug-likeness (QED) is 0.819. The number of aryl methyl sites for hydroxylation is 1. The zero-order valence-corrected chi connectivity index (χ0v) is 14.7. The SMILES string of the molecule is COc1cc(/C=C2\SC(=Nc3ccc(Cl)cc3)NC2=O)ccc1C. The molecule has 3 rings (SSSR count). The van der Waals surface area contributed by atoms with Crippen molar-refractivity contribution in [2.45, 2.75) is 6.92 Å². The van der Waals surface area contributed by atoms with Crippen molar-refractivity contribution >= 4 is 46.2 Å². The third-order valence-corrected chi connectivity index (χ3v) is 4.60. The molecule has 6 heteroatoms. The first-order valence-electron chi connectivity index (χ1n) is 7.25. The lowest BCUT2D eigenvalue weighted by Crippen LogP contribution is -2.19. The molecule has 1 aliphatic rings. The molecule has 1 N–H and O–H groups in total. The molecule has 1 amide bonds. The predicted octanol–water partition coefficient (Wildman–Crippen LogP) is 4.55. The summed E-state index contributed by atoms with van der Waals surface area (Å²) in [7, 11) is 1.63. The van der Waals surface area contributed by atoms with E-state index in [9.17, 15) is 4.79 Å². The molecule has 0 atom stereocenters. The van der Waals surface area contributed by atoms with E-state index in [0.717, 1.165) is 22.6 Å². The molecule has 122 valence electrons. The van der Waals surface area contributed by atoms with Gasteiger partial charge in [-0.1, -0.05) is 23.7 Å². The van der Waals surface area contributed by atoms with Crippen molar-refractivity contribution in [2.75, 3.05) is 7.11 Å². The molecular formula is C18H15ClN2O2S. The van der Waals surface area contributed by atoms with Crippen molar-refractivity contribution in [2.24, 2.45) is 4.99 Å². The standard InChI is InChI=1S/C18H15ClN2O2S/c1-11-3-4-12(9-15(11)23-2)10-16-17(22)21-18(24-16)20-14-7-5-13(19)6-8-14/h3-10H,1-2H3,(H,20,21,22)/b16-10-. The highest BCUT2D eigenvalue weighted by Gasteiger charge is 2.23. The maximum Gasteiger partial charge on any atom is 0.264 e. The fourth-order valence-corrected chi connectivity index (χ4v) is 3.16. The zero-order chi connectivity index (χ0) is 17.1. The van der Waals surface area contributed by atoms with E-state index in [-0.39, 0.29) is 5.91 Å². The van der Waals surface area contributed by atoms with E-state index in [2.05, 4.69) is 10.3 Å². The number of amidine groups is 1. The number of hydrogen-bond donors (Lipinski definition) is 1. The van der Waals surface area contributed by atoms with E-state index in [1.807, 2.05) is 31.2 Å². The average Bonchev–Trinajstić information content (AvgIpc) is 2.91. The van der Waals surface area contributed by atoms with Crippen LogP contribution in [-0.4, -0.2) is 18.2 Å². The number of nitrogens with zero attached hydrogens (tertiary/aromatic N) is 1. The zero-order valence-electron chi connectivity index (χ0n) is 13.2. The Balaban J connectivity index is 1.83. The highest BCUT2D eigenvalue weighted by molar-refractivity contribution is 8.18. The van der Waals surface area contributed by atoms with Crippen LogP contribution in [0.1, 0.15) is 11.1 Å². The summed E-state index contributed by atoms with van der Waals surface area (Å²) < 4.78 is 5.32. The topological polar surface area (TPSA) is 50.7 Å². The van der Waals surface area contributed by atoms with Crippen LogP contribution in [0.3, 0.4) is 0 Å². The Morgan fingerprint density at radius 3 is 2.67 bits per heavy atom. The lowest BCUT2D eigenvalue weighted by molar-refractivity contribution is -0.115. The monoisotopic (exact) mass is 358 g/mol. The smallest absolute Gasteiger partial charge is 0.264 e. The summed E-state index contributed by atoms with van der Waals surface area (Å²) in [5.41, 5.74) is 2.69. The minimum Gasteiger partial charge on any atom is -0.496 e. The minimum atomic E-state index is -0.160. The molecule has 2 aromatic rings. The lowest BCUT2D eigenvalue weighted by atomic mass is 10.1. The predicted molar refractivity (Wildman–Crippen MR) is 100.0 cm³/mol. The number of methoxy groups -OCH3 is 1. The number of benzene rings is 2. The molecule has 0 aromatic heterocycles. The molecule has 4 nitrogen and oxygen atoms in total. The maximum atomic E-state index is 12.1. The summed E-state index contributed by atoms with van der Waals surface area (Å²) in [6, 6.07) is 12.9. The molecule has 0 aliphatic carbocycles. The van der Waals surface area contributed by atoms with Gasteiger partial charge in [-0.05, 0) is 66.2 Å². The molecular weight excluding hydrogens is 344 g/mol. The molecule has 0 radical (unpaired) electrons. The van der Waals surface area contributed by atoms with E-state index in [1.54, 1.807) is 31.4 Å². The summed E-state index contributed by atoms with van der Waals surface area (Å²) in [4.78, 5) is 17.1. The fourth-order valence-electron chi connectivity index (χ4n) is 2.19. The number of thioether (sulfide) groups is 1. The van der Waals surface area contributed by atoms with Gasteiger partial charge >= 0.3 is 0 Å². The van der Waals surface area contributed by atoms with Crippen molar-refractivity contribution in [3.05, 3.63) is 63.5 Å². The number of halogens is 1. The third kappa shape index (κ3) is 3.80. The second-order valence-electron chi connectivity index (χ2n) is 5.19. The van der Waals surface area contributed by atoms with Crippen LogP contribution >= 0.6 is 23.4 Å². The molecule has 24 heavy (non-hydrogen) atoms. The largest absolute Gasteiger partial charge is 0.496 e. The van der Waals surface area contributed by atoms with Crippen molar-refractivity contribution in [1.82, 2.24) is 5.32 Å². The molecule has 1 heterocycles. The second-order valence-corrected chi connectivity index (χ2v) is 6.65. The van der Waals surface area contributed by atoms with Gasteiger partial charge in [0, 0.05) is 5.02 Å².